The molecule has 0 aromatic heterocycles. The van der Waals surface area contributed by atoms with Crippen molar-refractivity contribution in [1.82, 2.24) is 0 Å². The molecule has 2 heterocycles. The van der Waals surface area contributed by atoms with Crippen LogP contribution in [-0.4, -0.2) is 36.6 Å². The van der Waals surface area contributed by atoms with Crippen molar-refractivity contribution in [1.29, 1.82) is 0 Å². The molecule has 2 saturated heterocycles. The van der Waals surface area contributed by atoms with Gasteiger partial charge < -0.3 is 18.6 Å². The van der Waals surface area contributed by atoms with Crippen LogP contribution in [0.5, 0.6) is 0 Å². The molecule has 34 heavy (non-hydrogen) atoms. The van der Waals surface area contributed by atoms with E-state index >= 15 is 0 Å². The Bertz CT molecular complexity index is 1070. The summed E-state index contributed by atoms with van der Waals surface area (Å²) in [6.07, 6.45) is 6.66. The summed E-state index contributed by atoms with van der Waals surface area (Å²) in [6, 6.07) is 4.82. The lowest BCUT2D eigenvalue weighted by Crippen LogP contribution is -2.41. The molecule has 0 atom stereocenters. The summed E-state index contributed by atoms with van der Waals surface area (Å²) in [5, 5.41) is 2.92. The lowest BCUT2D eigenvalue weighted by atomic mass is 9.65. The van der Waals surface area contributed by atoms with E-state index in [-0.39, 0.29) is 36.6 Å². The molecule has 0 N–H and O–H groups in total. The highest BCUT2D eigenvalue weighted by Gasteiger charge is 2.54. The summed E-state index contributed by atoms with van der Waals surface area (Å²) in [5.74, 6) is 0. The molecule has 4 aliphatic rings. The van der Waals surface area contributed by atoms with Gasteiger partial charge in [-0.3, -0.25) is 0 Å². The zero-order valence-corrected chi connectivity index (χ0v) is 22.2. The first kappa shape index (κ1) is 23.1. The van der Waals surface area contributed by atoms with Crippen LogP contribution in [-0.2, 0) is 44.3 Å². The van der Waals surface area contributed by atoms with Gasteiger partial charge in [-0.2, -0.15) is 0 Å². The van der Waals surface area contributed by atoms with E-state index in [1.807, 2.05) is 0 Å². The summed E-state index contributed by atoms with van der Waals surface area (Å²) in [6.45, 7) is 17.1. The van der Waals surface area contributed by atoms with Crippen LogP contribution >= 0.6 is 0 Å². The molecule has 0 radical (unpaired) electrons. The number of benzene rings is 2. The van der Waals surface area contributed by atoms with E-state index in [9.17, 15) is 0 Å². The van der Waals surface area contributed by atoms with Crippen molar-refractivity contribution in [2.45, 2.75) is 116 Å². The second-order valence-corrected chi connectivity index (χ2v) is 12.8. The monoisotopic (exact) mass is 460 g/mol. The Hall–Kier alpha value is -1.33. The highest BCUT2D eigenvalue weighted by atomic mass is 16.7. The minimum Gasteiger partial charge on any atom is -0.399 e. The number of rotatable bonds is 2. The Morgan fingerprint density at radius 3 is 1.18 bits per heavy atom. The second kappa shape index (κ2) is 7.12. The highest BCUT2D eigenvalue weighted by molar-refractivity contribution is 6.64. The zero-order valence-electron chi connectivity index (χ0n) is 22.2. The smallest absolute Gasteiger partial charge is 0.399 e. The third-order valence-electron chi connectivity index (χ3n) is 9.61. The first-order chi connectivity index (χ1) is 15.8. The topological polar surface area (TPSA) is 36.9 Å². The second-order valence-electron chi connectivity index (χ2n) is 12.8. The molecule has 6 heteroatoms. The van der Waals surface area contributed by atoms with E-state index < -0.39 is 0 Å². The largest absolute Gasteiger partial charge is 0.495 e. The van der Waals surface area contributed by atoms with Gasteiger partial charge in [0.25, 0.3) is 0 Å². The molecule has 0 saturated carbocycles. The maximum atomic E-state index is 6.54. The molecule has 0 bridgehead atoms. The number of aryl methyl sites for hydroxylation is 4. The summed E-state index contributed by atoms with van der Waals surface area (Å²) in [7, 11) is -0.612. The normalized spacial score (nSPS) is 25.9. The predicted molar refractivity (Wildman–Crippen MR) is 139 cm³/mol. The highest BCUT2D eigenvalue weighted by Crippen LogP contribution is 2.42. The summed E-state index contributed by atoms with van der Waals surface area (Å²) in [5.41, 5.74) is 6.90. The van der Waals surface area contributed by atoms with Crippen molar-refractivity contribution in [2.24, 2.45) is 0 Å². The molecule has 0 spiro atoms. The van der Waals surface area contributed by atoms with Crippen LogP contribution in [0.3, 0.4) is 0 Å². The van der Waals surface area contributed by atoms with Gasteiger partial charge in [0.2, 0.25) is 0 Å². The Kier molecular flexibility index (Phi) is 4.84. The molecule has 4 nitrogen and oxygen atoms in total. The van der Waals surface area contributed by atoms with E-state index in [0.717, 1.165) is 38.5 Å². The van der Waals surface area contributed by atoms with Crippen LogP contribution in [0.15, 0.2) is 12.1 Å². The van der Waals surface area contributed by atoms with Crippen LogP contribution in [0.25, 0.3) is 10.8 Å². The minimum atomic E-state index is -0.333. The molecule has 2 aliphatic heterocycles. The van der Waals surface area contributed by atoms with Gasteiger partial charge in [0.05, 0.1) is 22.4 Å². The molecule has 2 fully saturated rings. The molecule has 2 aromatic carbocycles. The van der Waals surface area contributed by atoms with Crippen molar-refractivity contribution in [3.63, 3.8) is 0 Å². The van der Waals surface area contributed by atoms with Gasteiger partial charge in [-0.1, -0.05) is 12.1 Å². The molecular weight excluding hydrogens is 422 g/mol. The Labute approximate surface area is 205 Å². The molecule has 180 valence electrons. The lowest BCUT2D eigenvalue weighted by Gasteiger charge is -2.32. The Morgan fingerprint density at radius 2 is 0.853 bits per heavy atom. The van der Waals surface area contributed by atoms with Crippen LogP contribution in [0.1, 0.15) is 90.5 Å². The quantitative estimate of drug-likeness (QED) is 0.623. The van der Waals surface area contributed by atoms with Crippen molar-refractivity contribution in [3.05, 3.63) is 34.4 Å². The standard InChI is InChI=1S/C28H38B2O4/c1-25(2)26(3,4)32-29(31-25)21-15-17-11-10-14-20-22(30-33-27(5,6)28(7,8)34-30)16-18-12-9-13-19(21)23(18)24(17)20/h15-16H,9-14H2,1-8H3. The molecule has 2 aromatic rings. The predicted octanol–water partition coefficient (Wildman–Crippen LogP) is 4.42. The van der Waals surface area contributed by atoms with Gasteiger partial charge in [-0.15, -0.1) is 0 Å². The maximum absolute atomic E-state index is 6.54. The van der Waals surface area contributed by atoms with Crippen molar-refractivity contribution in [3.8, 4) is 0 Å². The molecule has 2 aliphatic carbocycles. The first-order valence-corrected chi connectivity index (χ1v) is 13.2. The van der Waals surface area contributed by atoms with Crippen LogP contribution < -0.4 is 10.9 Å². The van der Waals surface area contributed by atoms with Crippen molar-refractivity contribution in [2.75, 3.05) is 0 Å². The third kappa shape index (κ3) is 3.14. The average molecular weight is 460 g/mol. The van der Waals surface area contributed by atoms with Gasteiger partial charge >= 0.3 is 14.2 Å². The van der Waals surface area contributed by atoms with Crippen LogP contribution in [0, 0.1) is 0 Å². The van der Waals surface area contributed by atoms with Gasteiger partial charge in [0.1, 0.15) is 0 Å². The van der Waals surface area contributed by atoms with Crippen molar-refractivity contribution >= 4 is 35.9 Å². The summed E-state index contributed by atoms with van der Waals surface area (Å²) in [4.78, 5) is 0. The van der Waals surface area contributed by atoms with Gasteiger partial charge in [-0.05, 0) is 138 Å². The van der Waals surface area contributed by atoms with E-state index in [2.05, 4.69) is 67.5 Å². The number of hydrogen-bond donors (Lipinski definition) is 0. The molecule has 0 unspecified atom stereocenters. The van der Waals surface area contributed by atoms with E-state index in [1.165, 1.54) is 44.0 Å². The Morgan fingerprint density at radius 1 is 0.529 bits per heavy atom. The van der Waals surface area contributed by atoms with Crippen LogP contribution in [0.4, 0.5) is 0 Å². The van der Waals surface area contributed by atoms with Crippen molar-refractivity contribution < 1.29 is 18.6 Å². The van der Waals surface area contributed by atoms with E-state index in [1.54, 1.807) is 0 Å². The minimum absolute atomic E-state index is 0.306. The molecular formula is C28H38B2O4. The fraction of sp³-hybridized carbons (Fsp3) is 0.643. The summed E-state index contributed by atoms with van der Waals surface area (Å²) < 4.78 is 26.2. The SMILES string of the molecule is CC1(C)OB(c2cc3c4c(c(B5OC(C)(C)C(C)(C)O5)cc5c4c2CCC5)CCC3)OC1(C)C. The fourth-order valence-corrected chi connectivity index (χ4v) is 6.20. The van der Waals surface area contributed by atoms with E-state index in [4.69, 9.17) is 18.6 Å². The molecule has 6 rings (SSSR count). The number of hydrogen-bond acceptors (Lipinski definition) is 4. The van der Waals surface area contributed by atoms with Gasteiger partial charge in [-0.25, -0.2) is 0 Å². The third-order valence-corrected chi connectivity index (χ3v) is 9.61. The Balaban J connectivity index is 1.54. The zero-order chi connectivity index (χ0) is 24.3. The van der Waals surface area contributed by atoms with Gasteiger partial charge in [0, 0.05) is 0 Å². The van der Waals surface area contributed by atoms with Gasteiger partial charge in [0.15, 0.2) is 0 Å². The summed E-state index contributed by atoms with van der Waals surface area (Å²) >= 11 is 0. The fourth-order valence-electron chi connectivity index (χ4n) is 6.20. The average Bonchev–Trinajstić information content (AvgIpc) is 3.10. The van der Waals surface area contributed by atoms with Crippen LogP contribution in [0.2, 0.25) is 0 Å². The maximum Gasteiger partial charge on any atom is 0.495 e. The first-order valence-electron chi connectivity index (χ1n) is 13.2. The lowest BCUT2D eigenvalue weighted by molar-refractivity contribution is 0.00578. The molecule has 0 amide bonds. The van der Waals surface area contributed by atoms with E-state index in [0.29, 0.717) is 0 Å².